The normalized spacial score (nSPS) is 12.2. The molecule has 0 aliphatic heterocycles. The minimum Gasteiger partial charge on any atom is -0.459 e. The lowest BCUT2D eigenvalue weighted by atomic mass is 10.2. The van der Waals surface area contributed by atoms with Gasteiger partial charge in [-0.25, -0.2) is 9.78 Å². The molecule has 1 atom stereocenters. The molecule has 0 aliphatic rings. The molecular formula is C11H14ClNO2. The molecule has 1 aromatic heterocycles. The zero-order chi connectivity index (χ0) is 11.3. The molecule has 82 valence electrons. The van der Waals surface area contributed by atoms with E-state index in [2.05, 4.69) is 4.98 Å². The third-order valence-electron chi connectivity index (χ3n) is 1.97. The molecule has 0 N–H and O–H groups in total. The summed E-state index contributed by atoms with van der Waals surface area (Å²) in [6.45, 7) is 3.93. The first kappa shape index (κ1) is 12.0. The molecule has 0 aliphatic carbocycles. The molecule has 0 saturated carbocycles. The van der Waals surface area contributed by atoms with E-state index in [0.29, 0.717) is 10.7 Å². The number of ether oxygens (including phenoxy) is 1. The van der Waals surface area contributed by atoms with Gasteiger partial charge in [0, 0.05) is 6.20 Å². The molecule has 0 amide bonds. The van der Waals surface area contributed by atoms with Gasteiger partial charge in [0.1, 0.15) is 5.15 Å². The molecule has 1 rings (SSSR count). The highest BCUT2D eigenvalue weighted by molar-refractivity contribution is 6.29. The average Bonchev–Trinajstić information content (AvgIpc) is 2.18. The van der Waals surface area contributed by atoms with Gasteiger partial charge in [0.25, 0.3) is 0 Å². The molecule has 0 bridgehead atoms. The van der Waals surface area contributed by atoms with Crippen LogP contribution in [0.1, 0.15) is 37.0 Å². The summed E-state index contributed by atoms with van der Waals surface area (Å²) < 4.78 is 5.21. The van der Waals surface area contributed by atoms with Crippen LogP contribution in [0, 0.1) is 0 Å². The first-order chi connectivity index (χ1) is 7.13. The quantitative estimate of drug-likeness (QED) is 0.586. The van der Waals surface area contributed by atoms with Crippen molar-refractivity contribution in [2.45, 2.75) is 32.8 Å². The standard InChI is InChI=1S/C11H14ClNO2/c1-3-4-8(2)15-11(14)9-5-6-13-10(12)7-9/h5-8H,3-4H2,1-2H3. The Morgan fingerprint density at radius 1 is 1.67 bits per heavy atom. The van der Waals surface area contributed by atoms with Gasteiger partial charge in [-0.05, 0) is 25.5 Å². The molecule has 0 fully saturated rings. The van der Waals surface area contributed by atoms with Crippen molar-refractivity contribution in [3.8, 4) is 0 Å². The van der Waals surface area contributed by atoms with Gasteiger partial charge in [-0.3, -0.25) is 0 Å². The molecule has 1 aromatic rings. The summed E-state index contributed by atoms with van der Waals surface area (Å²) in [7, 11) is 0. The predicted molar refractivity (Wildman–Crippen MR) is 59.0 cm³/mol. The lowest BCUT2D eigenvalue weighted by Gasteiger charge is -2.11. The van der Waals surface area contributed by atoms with Crippen LogP contribution in [0.15, 0.2) is 18.3 Å². The second-order valence-electron chi connectivity index (χ2n) is 3.37. The number of hydrogen-bond acceptors (Lipinski definition) is 3. The van der Waals surface area contributed by atoms with Crippen LogP contribution in [0.2, 0.25) is 5.15 Å². The van der Waals surface area contributed by atoms with Crippen molar-refractivity contribution in [1.82, 2.24) is 4.98 Å². The van der Waals surface area contributed by atoms with Gasteiger partial charge >= 0.3 is 5.97 Å². The minimum atomic E-state index is -0.347. The minimum absolute atomic E-state index is 0.0607. The number of aromatic nitrogens is 1. The van der Waals surface area contributed by atoms with Gasteiger partial charge in [-0.1, -0.05) is 24.9 Å². The van der Waals surface area contributed by atoms with Crippen LogP contribution in [0.3, 0.4) is 0 Å². The topological polar surface area (TPSA) is 39.2 Å². The lowest BCUT2D eigenvalue weighted by Crippen LogP contribution is -2.14. The SMILES string of the molecule is CCCC(C)OC(=O)c1ccnc(Cl)c1. The second-order valence-corrected chi connectivity index (χ2v) is 3.76. The fourth-order valence-electron chi connectivity index (χ4n) is 1.25. The van der Waals surface area contributed by atoms with Crippen molar-refractivity contribution < 1.29 is 9.53 Å². The maximum absolute atomic E-state index is 11.6. The molecule has 15 heavy (non-hydrogen) atoms. The molecular weight excluding hydrogens is 214 g/mol. The Labute approximate surface area is 94.4 Å². The van der Waals surface area contributed by atoms with Crippen molar-refractivity contribution >= 4 is 17.6 Å². The first-order valence-corrected chi connectivity index (χ1v) is 5.33. The van der Waals surface area contributed by atoms with Crippen molar-refractivity contribution in [1.29, 1.82) is 0 Å². The van der Waals surface area contributed by atoms with Crippen molar-refractivity contribution in [3.05, 3.63) is 29.0 Å². The molecule has 0 aromatic carbocycles. The molecule has 4 heteroatoms. The molecule has 3 nitrogen and oxygen atoms in total. The second kappa shape index (κ2) is 5.71. The summed E-state index contributed by atoms with van der Waals surface area (Å²) in [6, 6.07) is 3.09. The Balaban J connectivity index is 2.61. The highest BCUT2D eigenvalue weighted by Crippen LogP contribution is 2.10. The fraction of sp³-hybridized carbons (Fsp3) is 0.455. The van der Waals surface area contributed by atoms with E-state index in [1.807, 2.05) is 13.8 Å². The van der Waals surface area contributed by atoms with Crippen LogP contribution in [0.5, 0.6) is 0 Å². The Hall–Kier alpha value is -1.09. The van der Waals surface area contributed by atoms with Gasteiger partial charge in [0.15, 0.2) is 0 Å². The van der Waals surface area contributed by atoms with E-state index in [0.717, 1.165) is 12.8 Å². The monoisotopic (exact) mass is 227 g/mol. The maximum Gasteiger partial charge on any atom is 0.338 e. The number of carbonyl (C=O) groups is 1. The van der Waals surface area contributed by atoms with Crippen LogP contribution >= 0.6 is 11.6 Å². The number of rotatable bonds is 4. The van der Waals surface area contributed by atoms with Crippen molar-refractivity contribution in [2.75, 3.05) is 0 Å². The van der Waals surface area contributed by atoms with Gasteiger partial charge in [-0.15, -0.1) is 0 Å². The average molecular weight is 228 g/mol. The number of pyridine rings is 1. The highest BCUT2D eigenvalue weighted by Gasteiger charge is 2.11. The van der Waals surface area contributed by atoms with Gasteiger partial charge in [-0.2, -0.15) is 0 Å². The molecule has 1 heterocycles. The number of halogens is 1. The van der Waals surface area contributed by atoms with Crippen molar-refractivity contribution in [3.63, 3.8) is 0 Å². The summed E-state index contributed by atoms with van der Waals surface area (Å²) in [4.78, 5) is 15.4. The van der Waals surface area contributed by atoms with E-state index >= 15 is 0 Å². The van der Waals surface area contributed by atoms with Crippen LogP contribution in [-0.4, -0.2) is 17.1 Å². The van der Waals surface area contributed by atoms with Gasteiger partial charge in [0.05, 0.1) is 11.7 Å². The molecule has 0 spiro atoms. The summed E-state index contributed by atoms with van der Waals surface area (Å²) in [5.41, 5.74) is 0.443. The largest absolute Gasteiger partial charge is 0.459 e. The predicted octanol–water partition coefficient (Wildman–Crippen LogP) is 3.08. The van der Waals surface area contributed by atoms with E-state index < -0.39 is 0 Å². The Bertz CT molecular complexity index is 341. The first-order valence-electron chi connectivity index (χ1n) is 4.96. The number of hydrogen-bond donors (Lipinski definition) is 0. The van der Waals surface area contributed by atoms with Crippen molar-refractivity contribution in [2.24, 2.45) is 0 Å². The van der Waals surface area contributed by atoms with E-state index in [1.54, 1.807) is 6.07 Å². The zero-order valence-corrected chi connectivity index (χ0v) is 9.62. The number of esters is 1. The third-order valence-corrected chi connectivity index (χ3v) is 2.17. The van der Waals surface area contributed by atoms with E-state index in [9.17, 15) is 4.79 Å². The van der Waals surface area contributed by atoms with E-state index in [1.165, 1.54) is 12.3 Å². The molecule has 0 saturated heterocycles. The van der Waals surface area contributed by atoms with Gasteiger partial charge in [0.2, 0.25) is 0 Å². The zero-order valence-electron chi connectivity index (χ0n) is 8.87. The Kier molecular flexibility index (Phi) is 4.56. The van der Waals surface area contributed by atoms with Crippen LogP contribution in [0.25, 0.3) is 0 Å². The van der Waals surface area contributed by atoms with Crippen LogP contribution in [0.4, 0.5) is 0 Å². The third kappa shape index (κ3) is 3.88. The highest BCUT2D eigenvalue weighted by atomic mass is 35.5. The Morgan fingerprint density at radius 3 is 3.00 bits per heavy atom. The van der Waals surface area contributed by atoms with Gasteiger partial charge < -0.3 is 4.74 Å². The van der Waals surface area contributed by atoms with Crippen LogP contribution in [-0.2, 0) is 4.74 Å². The summed E-state index contributed by atoms with van der Waals surface area (Å²) in [6.07, 6.45) is 3.29. The lowest BCUT2D eigenvalue weighted by molar-refractivity contribution is 0.0323. The molecule has 1 unspecified atom stereocenters. The van der Waals surface area contributed by atoms with Crippen LogP contribution < -0.4 is 0 Å². The number of nitrogens with zero attached hydrogens (tertiary/aromatic N) is 1. The maximum atomic E-state index is 11.6. The summed E-state index contributed by atoms with van der Waals surface area (Å²) in [5.74, 6) is -0.347. The summed E-state index contributed by atoms with van der Waals surface area (Å²) >= 11 is 5.67. The number of carbonyl (C=O) groups excluding carboxylic acids is 1. The Morgan fingerprint density at radius 2 is 2.40 bits per heavy atom. The summed E-state index contributed by atoms with van der Waals surface area (Å²) in [5, 5.41) is 0.299. The fourth-order valence-corrected chi connectivity index (χ4v) is 1.42. The van der Waals surface area contributed by atoms with E-state index in [4.69, 9.17) is 16.3 Å². The smallest absolute Gasteiger partial charge is 0.338 e. The van der Waals surface area contributed by atoms with E-state index in [-0.39, 0.29) is 12.1 Å². The molecule has 0 radical (unpaired) electrons.